The van der Waals surface area contributed by atoms with Crippen LogP contribution in [0.3, 0.4) is 0 Å². The van der Waals surface area contributed by atoms with Gasteiger partial charge in [-0.1, -0.05) is 0 Å². The molecule has 1 aliphatic rings. The maximum Gasteiger partial charge on any atom is 0.260 e. The minimum atomic E-state index is -3.50. The fourth-order valence-corrected chi connectivity index (χ4v) is 3.07. The number of β-amino-alcohol motifs (C(OH)–C–C–N with tert-alkyl or cyclic N) is 1. The molecule has 0 saturated carbocycles. The Kier molecular flexibility index (Phi) is 2.76. The highest BCUT2D eigenvalue weighted by atomic mass is 32.2. The van der Waals surface area contributed by atoms with Gasteiger partial charge in [-0.2, -0.15) is 4.31 Å². The second-order valence-corrected chi connectivity index (χ2v) is 5.48. The van der Waals surface area contributed by atoms with Crippen molar-refractivity contribution in [2.24, 2.45) is 0 Å². The van der Waals surface area contributed by atoms with Crippen LogP contribution in [0.5, 0.6) is 0 Å². The molecular formula is C8H13N3O3S. The van der Waals surface area contributed by atoms with Crippen LogP contribution in [0, 0.1) is 0 Å². The standard InChI is InChI=1S/C8H13N3O3S/c12-7-2-1-3-11(5-7)15(13,14)8-4-9-6-10-8/h4,6-7,12H,1-3,5H2,(H,9,10). The summed E-state index contributed by atoms with van der Waals surface area (Å²) in [5.74, 6) is 0. The van der Waals surface area contributed by atoms with Gasteiger partial charge in [0.15, 0.2) is 5.03 Å². The van der Waals surface area contributed by atoms with Crippen molar-refractivity contribution in [3.8, 4) is 0 Å². The number of aliphatic hydroxyl groups excluding tert-OH is 1. The first-order valence-electron chi connectivity index (χ1n) is 4.77. The second kappa shape index (κ2) is 3.92. The molecule has 0 bridgehead atoms. The van der Waals surface area contributed by atoms with Gasteiger partial charge in [0, 0.05) is 13.1 Å². The molecule has 0 spiro atoms. The summed E-state index contributed by atoms with van der Waals surface area (Å²) in [4.78, 5) is 6.25. The molecule has 6 nitrogen and oxygen atoms in total. The Morgan fingerprint density at radius 2 is 2.40 bits per heavy atom. The molecule has 2 heterocycles. The number of aromatic nitrogens is 2. The van der Waals surface area contributed by atoms with E-state index in [0.717, 1.165) is 0 Å². The van der Waals surface area contributed by atoms with Crippen LogP contribution in [-0.2, 0) is 10.0 Å². The van der Waals surface area contributed by atoms with Crippen molar-refractivity contribution in [3.05, 3.63) is 12.5 Å². The molecule has 1 aliphatic heterocycles. The molecule has 1 fully saturated rings. The van der Waals surface area contributed by atoms with E-state index in [9.17, 15) is 13.5 Å². The first kappa shape index (κ1) is 10.6. The number of hydrogen-bond donors (Lipinski definition) is 2. The number of H-pyrrole nitrogens is 1. The Morgan fingerprint density at radius 1 is 1.60 bits per heavy atom. The molecule has 0 radical (unpaired) electrons. The van der Waals surface area contributed by atoms with E-state index in [1.807, 2.05) is 0 Å². The van der Waals surface area contributed by atoms with Crippen LogP contribution < -0.4 is 0 Å². The van der Waals surface area contributed by atoms with Gasteiger partial charge >= 0.3 is 0 Å². The van der Waals surface area contributed by atoms with Gasteiger partial charge in [0.1, 0.15) is 0 Å². The van der Waals surface area contributed by atoms with Crippen LogP contribution >= 0.6 is 0 Å². The molecule has 0 aliphatic carbocycles. The summed E-state index contributed by atoms with van der Waals surface area (Å²) >= 11 is 0. The smallest absolute Gasteiger partial charge is 0.260 e. The lowest BCUT2D eigenvalue weighted by Gasteiger charge is -2.28. The zero-order valence-corrected chi connectivity index (χ0v) is 8.94. The van der Waals surface area contributed by atoms with Crippen molar-refractivity contribution in [1.82, 2.24) is 14.3 Å². The molecule has 1 saturated heterocycles. The normalized spacial score (nSPS) is 24.2. The summed E-state index contributed by atoms with van der Waals surface area (Å²) in [6.45, 7) is 0.625. The monoisotopic (exact) mass is 231 g/mol. The third-order valence-electron chi connectivity index (χ3n) is 2.45. The first-order chi connectivity index (χ1) is 7.10. The van der Waals surface area contributed by atoms with Gasteiger partial charge in [-0.05, 0) is 12.8 Å². The maximum absolute atomic E-state index is 11.9. The number of nitrogens with one attached hydrogen (secondary N) is 1. The van der Waals surface area contributed by atoms with Gasteiger partial charge in [0.25, 0.3) is 10.0 Å². The summed E-state index contributed by atoms with van der Waals surface area (Å²) in [5.41, 5.74) is 0. The highest BCUT2D eigenvalue weighted by molar-refractivity contribution is 7.89. The number of imidazole rings is 1. The van der Waals surface area contributed by atoms with E-state index in [2.05, 4.69) is 9.97 Å². The quantitative estimate of drug-likeness (QED) is 0.722. The van der Waals surface area contributed by atoms with Gasteiger partial charge in [-0.25, -0.2) is 13.4 Å². The van der Waals surface area contributed by atoms with Crippen molar-refractivity contribution < 1.29 is 13.5 Å². The summed E-state index contributed by atoms with van der Waals surface area (Å²) in [6.07, 6.45) is 3.39. The lowest BCUT2D eigenvalue weighted by Crippen LogP contribution is -2.42. The van der Waals surface area contributed by atoms with E-state index in [1.54, 1.807) is 0 Å². The van der Waals surface area contributed by atoms with Crippen molar-refractivity contribution in [1.29, 1.82) is 0 Å². The van der Waals surface area contributed by atoms with Crippen LogP contribution in [0.25, 0.3) is 0 Å². The van der Waals surface area contributed by atoms with Crippen LogP contribution in [0.2, 0.25) is 0 Å². The molecule has 1 aromatic heterocycles. The highest BCUT2D eigenvalue weighted by Crippen LogP contribution is 2.18. The number of hydrogen-bond acceptors (Lipinski definition) is 4. The molecule has 0 amide bonds. The fourth-order valence-electron chi connectivity index (χ4n) is 1.66. The number of rotatable bonds is 2. The average Bonchev–Trinajstić information content (AvgIpc) is 2.71. The topological polar surface area (TPSA) is 86.3 Å². The Balaban J connectivity index is 2.22. The maximum atomic E-state index is 11.9. The van der Waals surface area contributed by atoms with Gasteiger partial charge in [0.05, 0.1) is 18.6 Å². The van der Waals surface area contributed by atoms with Crippen LogP contribution in [0.15, 0.2) is 17.6 Å². The van der Waals surface area contributed by atoms with Crippen molar-refractivity contribution >= 4 is 10.0 Å². The van der Waals surface area contributed by atoms with Gasteiger partial charge < -0.3 is 10.1 Å². The summed E-state index contributed by atoms with van der Waals surface area (Å²) in [6, 6.07) is 0. The lowest BCUT2D eigenvalue weighted by molar-refractivity contribution is 0.108. The zero-order chi connectivity index (χ0) is 10.9. The number of aliphatic hydroxyl groups is 1. The van der Waals surface area contributed by atoms with E-state index in [0.29, 0.717) is 19.4 Å². The molecule has 1 unspecified atom stereocenters. The molecule has 84 valence electrons. The summed E-state index contributed by atoms with van der Waals surface area (Å²) in [5, 5.41) is 9.49. The van der Waals surface area contributed by atoms with Crippen LogP contribution in [-0.4, -0.2) is 47.0 Å². The van der Waals surface area contributed by atoms with E-state index in [-0.39, 0.29) is 11.6 Å². The first-order valence-corrected chi connectivity index (χ1v) is 6.21. The Hall–Kier alpha value is -0.920. The van der Waals surface area contributed by atoms with Gasteiger partial charge in [0.2, 0.25) is 0 Å². The minimum absolute atomic E-state index is 0.0802. The number of aromatic amines is 1. The lowest BCUT2D eigenvalue weighted by atomic mass is 10.1. The largest absolute Gasteiger partial charge is 0.392 e. The van der Waals surface area contributed by atoms with Crippen molar-refractivity contribution in [3.63, 3.8) is 0 Å². The molecule has 7 heteroatoms. The molecule has 15 heavy (non-hydrogen) atoms. The predicted octanol–water partition coefficient (Wildman–Crippen LogP) is -0.445. The number of piperidine rings is 1. The minimum Gasteiger partial charge on any atom is -0.392 e. The van der Waals surface area contributed by atoms with Crippen molar-refractivity contribution in [2.75, 3.05) is 13.1 Å². The van der Waals surface area contributed by atoms with E-state index >= 15 is 0 Å². The van der Waals surface area contributed by atoms with E-state index < -0.39 is 16.1 Å². The SMILES string of the molecule is O=S(=O)(c1cnc[nH]1)N1CCCC(O)C1. The third-order valence-corrected chi connectivity index (χ3v) is 4.24. The number of sulfonamides is 1. The summed E-state index contributed by atoms with van der Waals surface area (Å²) < 4.78 is 25.2. The molecule has 2 N–H and O–H groups in total. The van der Waals surface area contributed by atoms with Crippen LogP contribution in [0.4, 0.5) is 0 Å². The predicted molar refractivity (Wildman–Crippen MR) is 52.6 cm³/mol. The average molecular weight is 231 g/mol. The number of nitrogens with zero attached hydrogens (tertiary/aromatic N) is 2. The third kappa shape index (κ3) is 2.04. The Morgan fingerprint density at radius 3 is 3.00 bits per heavy atom. The zero-order valence-electron chi connectivity index (χ0n) is 8.13. The van der Waals surface area contributed by atoms with Gasteiger partial charge in [-0.15, -0.1) is 0 Å². The second-order valence-electron chi connectivity index (χ2n) is 3.57. The molecular weight excluding hydrogens is 218 g/mol. The van der Waals surface area contributed by atoms with Crippen LogP contribution in [0.1, 0.15) is 12.8 Å². The Labute approximate surface area is 88.0 Å². The molecule has 2 rings (SSSR count). The van der Waals surface area contributed by atoms with E-state index in [1.165, 1.54) is 16.8 Å². The van der Waals surface area contributed by atoms with Crippen molar-refractivity contribution in [2.45, 2.75) is 24.0 Å². The highest BCUT2D eigenvalue weighted by Gasteiger charge is 2.30. The van der Waals surface area contributed by atoms with E-state index in [4.69, 9.17) is 0 Å². The summed E-state index contributed by atoms with van der Waals surface area (Å²) in [7, 11) is -3.50. The van der Waals surface area contributed by atoms with Gasteiger partial charge in [-0.3, -0.25) is 0 Å². The fraction of sp³-hybridized carbons (Fsp3) is 0.625. The molecule has 1 atom stereocenters. The Bertz CT molecular complexity index is 414. The molecule has 0 aromatic carbocycles. The molecule has 1 aromatic rings.